The van der Waals surface area contributed by atoms with E-state index >= 15 is 0 Å². The smallest absolute Gasteiger partial charge is 0.0941 e. The van der Waals surface area contributed by atoms with Crippen LogP contribution in [-0.2, 0) is 0 Å². The van der Waals surface area contributed by atoms with E-state index in [0.29, 0.717) is 0 Å². The number of benzene rings is 1. The van der Waals surface area contributed by atoms with Gasteiger partial charge in [0.15, 0.2) is 0 Å². The lowest BCUT2D eigenvalue weighted by Gasteiger charge is -2.15. The molecule has 1 aromatic carbocycles. The van der Waals surface area contributed by atoms with Crippen molar-refractivity contribution in [3.63, 3.8) is 0 Å². The van der Waals surface area contributed by atoms with Crippen molar-refractivity contribution in [1.82, 2.24) is 5.32 Å². The fourth-order valence-corrected chi connectivity index (χ4v) is 2.22. The Morgan fingerprint density at radius 3 is 3.00 bits per heavy atom. The standard InChI is InChI=1S/C11H13ClFN/c12-10-3-1-2-8(4-10)11-7-14-6-9(11)5-13/h1-4,9,11,14H,5-7H2/t9-,11+/m1/s1. The molecule has 0 saturated carbocycles. The highest BCUT2D eigenvalue weighted by Gasteiger charge is 2.28. The third kappa shape index (κ3) is 1.91. The zero-order chi connectivity index (χ0) is 9.97. The highest BCUT2D eigenvalue weighted by Crippen LogP contribution is 2.29. The first kappa shape index (κ1) is 9.94. The largest absolute Gasteiger partial charge is 0.316 e. The molecule has 1 aliphatic heterocycles. The van der Waals surface area contributed by atoms with Crippen molar-refractivity contribution in [2.75, 3.05) is 19.8 Å². The SMILES string of the molecule is FC[C@@H]1CNC[C@H]1c1cccc(Cl)c1. The van der Waals surface area contributed by atoms with Gasteiger partial charge in [0.25, 0.3) is 0 Å². The van der Waals surface area contributed by atoms with Crippen molar-refractivity contribution in [1.29, 1.82) is 0 Å². The normalized spacial score (nSPS) is 26.7. The Hall–Kier alpha value is -0.600. The van der Waals surface area contributed by atoms with Crippen LogP contribution in [0.4, 0.5) is 4.39 Å². The fraction of sp³-hybridized carbons (Fsp3) is 0.455. The van der Waals surface area contributed by atoms with Gasteiger partial charge in [-0.25, -0.2) is 0 Å². The number of hydrogen-bond acceptors (Lipinski definition) is 1. The average Bonchev–Trinajstić information content (AvgIpc) is 2.65. The molecule has 14 heavy (non-hydrogen) atoms. The van der Waals surface area contributed by atoms with Gasteiger partial charge in [0.1, 0.15) is 0 Å². The third-order valence-electron chi connectivity index (χ3n) is 2.81. The van der Waals surface area contributed by atoms with Gasteiger partial charge in [-0.1, -0.05) is 23.7 Å². The topological polar surface area (TPSA) is 12.0 Å². The van der Waals surface area contributed by atoms with Gasteiger partial charge < -0.3 is 5.32 Å². The molecular weight excluding hydrogens is 201 g/mol. The van der Waals surface area contributed by atoms with Crippen LogP contribution in [-0.4, -0.2) is 19.8 Å². The minimum Gasteiger partial charge on any atom is -0.316 e. The van der Waals surface area contributed by atoms with E-state index in [0.717, 1.165) is 23.7 Å². The summed E-state index contributed by atoms with van der Waals surface area (Å²) in [4.78, 5) is 0. The van der Waals surface area contributed by atoms with E-state index in [2.05, 4.69) is 5.32 Å². The molecule has 0 aliphatic carbocycles. The van der Waals surface area contributed by atoms with Crippen molar-refractivity contribution >= 4 is 11.6 Å². The first-order valence-corrected chi connectivity index (χ1v) is 5.21. The fourth-order valence-electron chi connectivity index (χ4n) is 2.02. The van der Waals surface area contributed by atoms with Crippen LogP contribution in [0, 0.1) is 5.92 Å². The Balaban J connectivity index is 2.21. The van der Waals surface area contributed by atoms with E-state index in [1.165, 1.54) is 0 Å². The Bertz CT molecular complexity index is 316. The first-order chi connectivity index (χ1) is 6.81. The van der Waals surface area contributed by atoms with Crippen molar-refractivity contribution in [2.45, 2.75) is 5.92 Å². The van der Waals surface area contributed by atoms with Crippen molar-refractivity contribution in [2.24, 2.45) is 5.92 Å². The first-order valence-electron chi connectivity index (χ1n) is 4.83. The Labute approximate surface area is 88.3 Å². The van der Waals surface area contributed by atoms with Gasteiger partial charge in [0.05, 0.1) is 6.67 Å². The lowest BCUT2D eigenvalue weighted by molar-refractivity contribution is 0.358. The number of hydrogen-bond donors (Lipinski definition) is 1. The molecule has 1 nitrogen and oxygen atoms in total. The van der Waals surface area contributed by atoms with E-state index in [9.17, 15) is 4.39 Å². The minimum absolute atomic E-state index is 0.105. The molecule has 0 radical (unpaired) electrons. The average molecular weight is 214 g/mol. The molecule has 1 aromatic rings. The minimum atomic E-state index is -0.260. The van der Waals surface area contributed by atoms with Crippen LogP contribution in [0.3, 0.4) is 0 Å². The maximum absolute atomic E-state index is 12.7. The zero-order valence-electron chi connectivity index (χ0n) is 7.84. The lowest BCUT2D eigenvalue weighted by Crippen LogP contribution is -2.12. The predicted molar refractivity (Wildman–Crippen MR) is 56.5 cm³/mol. The molecule has 76 valence electrons. The second-order valence-electron chi connectivity index (χ2n) is 3.73. The molecule has 1 heterocycles. The number of rotatable bonds is 2. The number of nitrogens with one attached hydrogen (secondary N) is 1. The van der Waals surface area contributed by atoms with Crippen LogP contribution < -0.4 is 5.32 Å². The van der Waals surface area contributed by atoms with Crippen LogP contribution >= 0.6 is 11.6 Å². The van der Waals surface area contributed by atoms with Gasteiger partial charge in [-0.15, -0.1) is 0 Å². The molecule has 2 rings (SSSR count). The van der Waals surface area contributed by atoms with Crippen molar-refractivity contribution in [3.05, 3.63) is 34.9 Å². The molecule has 1 fully saturated rings. The van der Waals surface area contributed by atoms with Crippen LogP contribution in [0.5, 0.6) is 0 Å². The monoisotopic (exact) mass is 213 g/mol. The van der Waals surface area contributed by atoms with Crippen LogP contribution in [0.1, 0.15) is 11.5 Å². The highest BCUT2D eigenvalue weighted by atomic mass is 35.5. The molecule has 2 atom stereocenters. The molecule has 1 N–H and O–H groups in total. The van der Waals surface area contributed by atoms with Gasteiger partial charge in [-0.05, 0) is 17.7 Å². The Kier molecular flexibility index (Phi) is 3.04. The highest BCUT2D eigenvalue weighted by molar-refractivity contribution is 6.30. The third-order valence-corrected chi connectivity index (χ3v) is 3.05. The molecule has 0 spiro atoms. The molecule has 1 saturated heterocycles. The maximum atomic E-state index is 12.7. The summed E-state index contributed by atoms with van der Waals surface area (Å²) in [5.41, 5.74) is 1.14. The molecule has 0 unspecified atom stereocenters. The second-order valence-corrected chi connectivity index (χ2v) is 4.17. The van der Waals surface area contributed by atoms with E-state index in [1.54, 1.807) is 0 Å². The predicted octanol–water partition coefficient (Wildman–Crippen LogP) is 2.61. The zero-order valence-corrected chi connectivity index (χ0v) is 8.60. The number of alkyl halides is 1. The second kappa shape index (κ2) is 4.28. The van der Waals surface area contributed by atoms with E-state index in [4.69, 9.17) is 11.6 Å². The summed E-state index contributed by atoms with van der Waals surface area (Å²) < 4.78 is 12.7. The molecule has 3 heteroatoms. The van der Waals surface area contributed by atoms with Gasteiger partial charge in [0, 0.05) is 29.9 Å². The lowest BCUT2D eigenvalue weighted by atomic mass is 9.90. The summed E-state index contributed by atoms with van der Waals surface area (Å²) in [6.45, 7) is 1.37. The van der Waals surface area contributed by atoms with Gasteiger partial charge in [-0.3, -0.25) is 4.39 Å². The Morgan fingerprint density at radius 2 is 2.29 bits per heavy atom. The van der Waals surface area contributed by atoms with Gasteiger partial charge in [-0.2, -0.15) is 0 Å². The summed E-state index contributed by atoms with van der Waals surface area (Å²) in [5, 5.41) is 3.94. The van der Waals surface area contributed by atoms with Crippen LogP contribution in [0.15, 0.2) is 24.3 Å². The summed E-state index contributed by atoms with van der Waals surface area (Å²) >= 11 is 5.90. The van der Waals surface area contributed by atoms with Crippen LogP contribution in [0.2, 0.25) is 5.02 Å². The summed E-state index contributed by atoms with van der Waals surface area (Å²) in [6, 6.07) is 7.72. The molecule has 0 bridgehead atoms. The van der Waals surface area contributed by atoms with E-state index in [1.807, 2.05) is 24.3 Å². The number of halogens is 2. The summed E-state index contributed by atoms with van der Waals surface area (Å²) in [6.07, 6.45) is 0. The molecular formula is C11H13ClFN. The summed E-state index contributed by atoms with van der Waals surface area (Å²) in [7, 11) is 0. The van der Waals surface area contributed by atoms with Crippen molar-refractivity contribution < 1.29 is 4.39 Å². The maximum Gasteiger partial charge on any atom is 0.0941 e. The quantitative estimate of drug-likeness (QED) is 0.797. The molecule has 0 amide bonds. The van der Waals surface area contributed by atoms with Gasteiger partial charge >= 0.3 is 0 Å². The van der Waals surface area contributed by atoms with E-state index in [-0.39, 0.29) is 18.5 Å². The summed E-state index contributed by atoms with van der Waals surface area (Å²) in [5.74, 6) is 0.382. The van der Waals surface area contributed by atoms with Crippen LogP contribution in [0.25, 0.3) is 0 Å². The van der Waals surface area contributed by atoms with E-state index < -0.39 is 0 Å². The molecule has 1 aliphatic rings. The van der Waals surface area contributed by atoms with Gasteiger partial charge in [0.2, 0.25) is 0 Å². The van der Waals surface area contributed by atoms with Crippen molar-refractivity contribution in [3.8, 4) is 0 Å². The Morgan fingerprint density at radius 1 is 1.43 bits per heavy atom. The molecule has 0 aromatic heterocycles.